The van der Waals surface area contributed by atoms with Crippen LogP contribution in [0.2, 0.25) is 0 Å². The van der Waals surface area contributed by atoms with Crippen LogP contribution < -0.4 is 10.2 Å². The van der Waals surface area contributed by atoms with Crippen LogP contribution in [0.4, 0.5) is 0 Å². The first-order valence-corrected chi connectivity index (χ1v) is 24.8. The third kappa shape index (κ3) is 40.9. The zero-order valence-electron chi connectivity index (χ0n) is 37.3. The summed E-state index contributed by atoms with van der Waals surface area (Å²) < 4.78 is 23.3. The van der Waals surface area contributed by atoms with Crippen molar-refractivity contribution in [2.75, 3.05) is 40.9 Å². The molecule has 330 valence electrons. The van der Waals surface area contributed by atoms with Gasteiger partial charge in [-0.25, -0.2) is 0 Å². The van der Waals surface area contributed by atoms with Crippen molar-refractivity contribution in [3.63, 3.8) is 0 Å². The van der Waals surface area contributed by atoms with Crippen LogP contribution in [0, 0.1) is 0 Å². The fourth-order valence-electron chi connectivity index (χ4n) is 6.63. The Morgan fingerprint density at radius 1 is 0.625 bits per heavy atom. The predicted molar refractivity (Wildman–Crippen MR) is 238 cm³/mol. The fourth-order valence-corrected chi connectivity index (χ4v) is 7.36. The van der Waals surface area contributed by atoms with Gasteiger partial charge in [-0.15, -0.1) is 0 Å². The lowest BCUT2D eigenvalue weighted by atomic mass is 10.0. The molecule has 0 aliphatic heterocycles. The number of nitrogens with zero attached hydrogens (tertiary/aromatic N) is 1. The van der Waals surface area contributed by atoms with Crippen LogP contribution in [0.25, 0.3) is 0 Å². The number of phosphoric ester groups is 1. The summed E-state index contributed by atoms with van der Waals surface area (Å²) >= 11 is 0. The molecule has 9 heteroatoms. The largest absolute Gasteiger partial charge is 0.756 e. The standard InChI is InChI=1S/C47H91N2O6P/c1-6-8-10-12-14-16-18-20-21-22-23-24-25-26-27-29-31-33-35-37-39-41-47(51)48-45(44-55-56(52,53)54-43-42-49(3,4)5)46(50)40-38-36-34-32-30-28-19-17-15-13-11-9-7-2/h18,20,22-23,25-26,45-46,50H,6-17,19,21,24,27-44H2,1-5H3,(H-,48,51,52,53)/b20-18-,23-22-,26-25-. The molecule has 0 aromatic carbocycles. The fraction of sp³-hybridized carbons (Fsp3) is 0.851. The average molecular weight is 811 g/mol. The summed E-state index contributed by atoms with van der Waals surface area (Å²) in [6.45, 7) is 4.69. The Labute approximate surface area is 347 Å². The zero-order valence-corrected chi connectivity index (χ0v) is 38.2. The molecule has 0 saturated carbocycles. The highest BCUT2D eigenvalue weighted by Crippen LogP contribution is 2.38. The lowest BCUT2D eigenvalue weighted by Crippen LogP contribution is -2.46. The van der Waals surface area contributed by atoms with E-state index < -0.39 is 20.0 Å². The van der Waals surface area contributed by atoms with E-state index in [1.54, 1.807) is 0 Å². The van der Waals surface area contributed by atoms with E-state index in [9.17, 15) is 19.4 Å². The normalized spacial score (nSPS) is 14.6. The molecule has 0 radical (unpaired) electrons. The SMILES string of the molecule is CCCCCCC/C=C\C/C=C\C/C=C\CCCCCCCCC(=O)NC(COP(=O)([O-])OCC[N+](C)(C)C)C(O)CCCCCCCCCCCCCCC. The Morgan fingerprint density at radius 3 is 1.50 bits per heavy atom. The molecule has 0 aromatic rings. The van der Waals surface area contributed by atoms with Crippen molar-refractivity contribution < 1.29 is 32.9 Å². The molecule has 0 fully saturated rings. The first kappa shape index (κ1) is 54.7. The second-order valence-corrected chi connectivity index (χ2v) is 18.5. The molecule has 0 aliphatic rings. The molecule has 3 atom stereocenters. The molecule has 0 spiro atoms. The van der Waals surface area contributed by atoms with Gasteiger partial charge in [-0.05, 0) is 51.4 Å². The van der Waals surface area contributed by atoms with Gasteiger partial charge >= 0.3 is 0 Å². The van der Waals surface area contributed by atoms with Gasteiger partial charge in [0.2, 0.25) is 5.91 Å². The monoisotopic (exact) mass is 811 g/mol. The van der Waals surface area contributed by atoms with Gasteiger partial charge in [0.1, 0.15) is 13.2 Å². The van der Waals surface area contributed by atoms with Crippen molar-refractivity contribution in [1.82, 2.24) is 5.32 Å². The van der Waals surface area contributed by atoms with E-state index >= 15 is 0 Å². The minimum Gasteiger partial charge on any atom is -0.756 e. The second-order valence-electron chi connectivity index (χ2n) is 17.1. The van der Waals surface area contributed by atoms with E-state index in [2.05, 4.69) is 55.6 Å². The number of quaternary nitrogens is 1. The highest BCUT2D eigenvalue weighted by Gasteiger charge is 2.24. The van der Waals surface area contributed by atoms with Crippen LogP contribution in [0.5, 0.6) is 0 Å². The zero-order chi connectivity index (χ0) is 41.4. The first-order valence-electron chi connectivity index (χ1n) is 23.3. The molecule has 0 aliphatic carbocycles. The molecule has 3 unspecified atom stereocenters. The van der Waals surface area contributed by atoms with Crippen LogP contribution in [0.15, 0.2) is 36.5 Å². The molecule has 2 N–H and O–H groups in total. The van der Waals surface area contributed by atoms with Crippen molar-refractivity contribution in [2.45, 2.75) is 219 Å². The van der Waals surface area contributed by atoms with Crippen LogP contribution in [0.3, 0.4) is 0 Å². The molecule has 0 rings (SSSR count). The summed E-state index contributed by atoms with van der Waals surface area (Å²) in [5.41, 5.74) is 0. The van der Waals surface area contributed by atoms with Crippen molar-refractivity contribution in [2.24, 2.45) is 0 Å². The average Bonchev–Trinajstić information content (AvgIpc) is 3.15. The number of rotatable bonds is 42. The maximum Gasteiger partial charge on any atom is 0.268 e. The summed E-state index contributed by atoms with van der Waals surface area (Å²) in [6, 6.07) is -0.806. The smallest absolute Gasteiger partial charge is 0.268 e. The Balaban J connectivity index is 4.34. The van der Waals surface area contributed by atoms with Gasteiger partial charge in [-0.1, -0.05) is 185 Å². The van der Waals surface area contributed by atoms with Gasteiger partial charge in [0.25, 0.3) is 7.82 Å². The van der Waals surface area contributed by atoms with Gasteiger partial charge in [-0.3, -0.25) is 9.36 Å². The number of amides is 1. The molecular weight excluding hydrogens is 719 g/mol. The van der Waals surface area contributed by atoms with E-state index in [-0.39, 0.29) is 19.1 Å². The van der Waals surface area contributed by atoms with Gasteiger partial charge < -0.3 is 28.8 Å². The quantitative estimate of drug-likeness (QED) is 0.0275. The van der Waals surface area contributed by atoms with Gasteiger partial charge in [0.15, 0.2) is 0 Å². The number of aliphatic hydroxyl groups is 1. The first-order chi connectivity index (χ1) is 27.0. The Bertz CT molecular complexity index is 1010. The lowest BCUT2D eigenvalue weighted by molar-refractivity contribution is -0.870. The summed E-state index contributed by atoms with van der Waals surface area (Å²) in [7, 11) is 1.29. The Morgan fingerprint density at radius 2 is 1.04 bits per heavy atom. The van der Waals surface area contributed by atoms with Gasteiger partial charge in [0.05, 0.1) is 39.9 Å². The third-order valence-corrected chi connectivity index (χ3v) is 11.3. The summed E-state index contributed by atoms with van der Waals surface area (Å²) in [4.78, 5) is 25.3. The molecule has 0 bridgehead atoms. The minimum absolute atomic E-state index is 0.00869. The van der Waals surface area contributed by atoms with Crippen molar-refractivity contribution in [3.05, 3.63) is 36.5 Å². The predicted octanol–water partition coefficient (Wildman–Crippen LogP) is 12.5. The molecule has 0 saturated heterocycles. The second kappa shape index (κ2) is 39.2. The summed E-state index contributed by atoms with van der Waals surface area (Å²) in [5.74, 6) is -0.178. The van der Waals surface area contributed by atoms with Crippen molar-refractivity contribution in [3.8, 4) is 0 Å². The number of allylic oxidation sites excluding steroid dienone is 6. The number of carbonyl (C=O) groups excluding carboxylic acids is 1. The molecule has 56 heavy (non-hydrogen) atoms. The van der Waals surface area contributed by atoms with Crippen LogP contribution in [0.1, 0.15) is 206 Å². The number of carbonyl (C=O) groups is 1. The van der Waals surface area contributed by atoms with E-state index in [1.165, 1.54) is 116 Å². The summed E-state index contributed by atoms with van der Waals surface area (Å²) in [5, 5.41) is 13.9. The molecule has 1 amide bonds. The molecular formula is C47H91N2O6P. The van der Waals surface area contributed by atoms with Gasteiger partial charge in [-0.2, -0.15) is 0 Å². The van der Waals surface area contributed by atoms with Crippen molar-refractivity contribution >= 4 is 13.7 Å². The number of hydrogen-bond acceptors (Lipinski definition) is 6. The number of phosphoric acid groups is 1. The third-order valence-electron chi connectivity index (χ3n) is 10.4. The highest BCUT2D eigenvalue weighted by atomic mass is 31.2. The van der Waals surface area contributed by atoms with Crippen LogP contribution in [-0.4, -0.2) is 68.5 Å². The van der Waals surface area contributed by atoms with E-state index in [1.807, 2.05) is 21.1 Å². The number of aliphatic hydroxyl groups excluding tert-OH is 1. The number of unbranched alkanes of at least 4 members (excludes halogenated alkanes) is 23. The maximum atomic E-state index is 12.9. The Hall–Kier alpha value is -1.28. The minimum atomic E-state index is -4.57. The van der Waals surface area contributed by atoms with Gasteiger partial charge in [0, 0.05) is 6.42 Å². The maximum absolute atomic E-state index is 12.9. The number of likely N-dealkylation sites (N-methyl/N-ethyl adjacent to an activating group) is 1. The highest BCUT2D eigenvalue weighted by molar-refractivity contribution is 7.45. The molecule has 8 nitrogen and oxygen atoms in total. The Kier molecular flexibility index (Phi) is 38.3. The van der Waals surface area contributed by atoms with Crippen molar-refractivity contribution in [1.29, 1.82) is 0 Å². The lowest BCUT2D eigenvalue weighted by Gasteiger charge is -2.30. The summed E-state index contributed by atoms with van der Waals surface area (Å²) in [6.07, 6.45) is 47.1. The molecule has 0 heterocycles. The van der Waals surface area contributed by atoms with Crippen LogP contribution >= 0.6 is 7.82 Å². The number of nitrogens with one attached hydrogen (secondary N) is 1. The van der Waals surface area contributed by atoms with Crippen LogP contribution in [-0.2, 0) is 18.4 Å². The van der Waals surface area contributed by atoms with E-state index in [0.717, 1.165) is 64.2 Å². The molecule has 0 aromatic heterocycles. The topological polar surface area (TPSA) is 108 Å². The van der Waals surface area contributed by atoms with E-state index in [4.69, 9.17) is 9.05 Å². The van der Waals surface area contributed by atoms with E-state index in [0.29, 0.717) is 23.9 Å². The number of hydrogen-bond donors (Lipinski definition) is 2.